The van der Waals surface area contributed by atoms with Crippen molar-refractivity contribution in [3.63, 3.8) is 0 Å². The van der Waals surface area contributed by atoms with Crippen molar-refractivity contribution in [1.29, 1.82) is 0 Å². The molecule has 0 aromatic heterocycles. The summed E-state index contributed by atoms with van der Waals surface area (Å²) in [5, 5.41) is 14.2. The number of amides is 2. The number of hydrogen-bond donors (Lipinski definition) is 4. The van der Waals surface area contributed by atoms with Gasteiger partial charge in [-0.05, 0) is 31.7 Å². The van der Waals surface area contributed by atoms with Gasteiger partial charge < -0.3 is 21.5 Å². The Morgan fingerprint density at radius 1 is 1.33 bits per heavy atom. The molecule has 5 N–H and O–H groups in total. The molecule has 0 radical (unpaired) electrons. The van der Waals surface area contributed by atoms with Gasteiger partial charge in [0.15, 0.2) is 0 Å². The van der Waals surface area contributed by atoms with Crippen LogP contribution in [-0.4, -0.2) is 42.0 Å². The number of carbonyl (C=O) groups excluding carboxylic acids is 2. The van der Waals surface area contributed by atoms with Crippen LogP contribution in [0.5, 0.6) is 0 Å². The number of carbonyl (C=O) groups is 3. The fourth-order valence-corrected chi connectivity index (χ4v) is 1.50. The molecule has 102 valence electrons. The number of rotatable bonds is 9. The average Bonchev–Trinajstić information content (AvgIpc) is 3.07. The van der Waals surface area contributed by atoms with Gasteiger partial charge in [-0.15, -0.1) is 0 Å². The highest BCUT2D eigenvalue weighted by molar-refractivity contribution is 5.85. The Hall–Kier alpha value is -1.63. The molecule has 1 aliphatic carbocycles. The van der Waals surface area contributed by atoms with E-state index in [0.717, 1.165) is 6.54 Å². The zero-order valence-electron chi connectivity index (χ0n) is 10.1. The first-order valence-electron chi connectivity index (χ1n) is 6.00. The second kappa shape index (κ2) is 6.95. The van der Waals surface area contributed by atoms with Gasteiger partial charge in [0.2, 0.25) is 11.8 Å². The molecule has 0 saturated heterocycles. The smallest absolute Gasteiger partial charge is 0.326 e. The van der Waals surface area contributed by atoms with Gasteiger partial charge in [-0.3, -0.25) is 9.59 Å². The Labute approximate surface area is 105 Å². The quantitative estimate of drug-likeness (QED) is 0.414. The monoisotopic (exact) mass is 257 g/mol. The molecule has 1 atom stereocenters. The van der Waals surface area contributed by atoms with E-state index in [-0.39, 0.29) is 25.3 Å². The van der Waals surface area contributed by atoms with E-state index < -0.39 is 17.9 Å². The molecule has 0 unspecified atom stereocenters. The highest BCUT2D eigenvalue weighted by Gasteiger charge is 2.22. The van der Waals surface area contributed by atoms with E-state index in [2.05, 4.69) is 10.6 Å². The first kappa shape index (κ1) is 14.4. The van der Waals surface area contributed by atoms with Crippen LogP contribution in [0.1, 0.15) is 25.7 Å². The Morgan fingerprint density at radius 3 is 2.50 bits per heavy atom. The first-order chi connectivity index (χ1) is 8.49. The van der Waals surface area contributed by atoms with Gasteiger partial charge in [-0.1, -0.05) is 0 Å². The van der Waals surface area contributed by atoms with Gasteiger partial charge in [-0.25, -0.2) is 4.79 Å². The molecule has 2 amide bonds. The van der Waals surface area contributed by atoms with Crippen molar-refractivity contribution in [3.8, 4) is 0 Å². The fraction of sp³-hybridized carbons (Fsp3) is 0.727. The number of aliphatic carboxylic acids is 1. The molecule has 0 aliphatic heterocycles. The molecular weight excluding hydrogens is 238 g/mol. The Kier molecular flexibility index (Phi) is 5.57. The van der Waals surface area contributed by atoms with Crippen LogP contribution in [0.4, 0.5) is 0 Å². The maximum atomic E-state index is 11.5. The van der Waals surface area contributed by atoms with Gasteiger partial charge in [0.05, 0.1) is 6.54 Å². The molecule has 1 fully saturated rings. The lowest BCUT2D eigenvalue weighted by Gasteiger charge is -2.13. The molecule has 18 heavy (non-hydrogen) atoms. The van der Waals surface area contributed by atoms with Crippen LogP contribution in [0, 0.1) is 5.92 Å². The molecule has 1 rings (SSSR count). The lowest BCUT2D eigenvalue weighted by Crippen LogP contribution is -2.45. The molecule has 0 bridgehead atoms. The number of carboxylic acids is 1. The van der Waals surface area contributed by atoms with E-state index in [1.165, 1.54) is 12.8 Å². The van der Waals surface area contributed by atoms with E-state index in [4.69, 9.17) is 10.8 Å². The van der Waals surface area contributed by atoms with Crippen LogP contribution in [0.15, 0.2) is 0 Å². The third kappa shape index (κ3) is 6.19. The Morgan fingerprint density at radius 2 is 2.00 bits per heavy atom. The van der Waals surface area contributed by atoms with E-state index in [1.54, 1.807) is 0 Å². The van der Waals surface area contributed by atoms with Crippen LogP contribution < -0.4 is 16.4 Å². The van der Waals surface area contributed by atoms with Crippen molar-refractivity contribution in [2.75, 3.05) is 13.1 Å². The number of carboxylic acid groups (broad SMARTS) is 1. The van der Waals surface area contributed by atoms with Gasteiger partial charge in [0, 0.05) is 6.42 Å². The van der Waals surface area contributed by atoms with Crippen LogP contribution in [0.2, 0.25) is 0 Å². The van der Waals surface area contributed by atoms with Crippen LogP contribution in [0.25, 0.3) is 0 Å². The first-order valence-corrected chi connectivity index (χ1v) is 6.00. The zero-order chi connectivity index (χ0) is 13.5. The Bertz CT molecular complexity index is 328. The van der Waals surface area contributed by atoms with Crippen molar-refractivity contribution in [2.45, 2.75) is 31.7 Å². The molecule has 0 heterocycles. The summed E-state index contributed by atoms with van der Waals surface area (Å²) < 4.78 is 0. The SMILES string of the molecule is NC(=O)CC[C@H](NC(=O)CNCC1CC1)C(=O)O. The molecular formula is C11H19N3O4. The normalized spacial score (nSPS) is 16.0. The van der Waals surface area contributed by atoms with Gasteiger partial charge in [0.25, 0.3) is 0 Å². The average molecular weight is 257 g/mol. The summed E-state index contributed by atoms with van der Waals surface area (Å²) in [4.78, 5) is 32.9. The summed E-state index contributed by atoms with van der Waals surface area (Å²) in [6.07, 6.45) is 2.32. The van der Waals surface area contributed by atoms with Crippen LogP contribution >= 0.6 is 0 Å². The second-order valence-corrected chi connectivity index (χ2v) is 4.54. The number of hydrogen-bond acceptors (Lipinski definition) is 4. The predicted molar refractivity (Wildman–Crippen MR) is 63.6 cm³/mol. The minimum absolute atomic E-state index is 0.0129. The van der Waals surface area contributed by atoms with Crippen molar-refractivity contribution < 1.29 is 19.5 Å². The minimum atomic E-state index is -1.16. The third-order valence-corrected chi connectivity index (χ3v) is 2.73. The second-order valence-electron chi connectivity index (χ2n) is 4.54. The van der Waals surface area contributed by atoms with Crippen molar-refractivity contribution >= 4 is 17.8 Å². The van der Waals surface area contributed by atoms with Crippen molar-refractivity contribution in [3.05, 3.63) is 0 Å². The maximum Gasteiger partial charge on any atom is 0.326 e. The van der Waals surface area contributed by atoms with Gasteiger partial charge in [-0.2, -0.15) is 0 Å². The van der Waals surface area contributed by atoms with E-state index in [9.17, 15) is 14.4 Å². The van der Waals surface area contributed by atoms with E-state index in [0.29, 0.717) is 5.92 Å². The Balaban J connectivity index is 2.22. The van der Waals surface area contributed by atoms with Crippen LogP contribution in [-0.2, 0) is 14.4 Å². The molecule has 7 heteroatoms. The van der Waals surface area contributed by atoms with Crippen molar-refractivity contribution in [2.24, 2.45) is 11.7 Å². The van der Waals surface area contributed by atoms with E-state index in [1.807, 2.05) is 0 Å². The number of nitrogens with two attached hydrogens (primary N) is 1. The number of nitrogens with one attached hydrogen (secondary N) is 2. The third-order valence-electron chi connectivity index (χ3n) is 2.73. The molecule has 7 nitrogen and oxygen atoms in total. The summed E-state index contributed by atoms with van der Waals surface area (Å²) in [5.74, 6) is -1.47. The lowest BCUT2D eigenvalue weighted by molar-refractivity contribution is -0.142. The van der Waals surface area contributed by atoms with E-state index >= 15 is 0 Å². The van der Waals surface area contributed by atoms with Crippen molar-refractivity contribution in [1.82, 2.24) is 10.6 Å². The maximum absolute atomic E-state index is 11.5. The highest BCUT2D eigenvalue weighted by Crippen LogP contribution is 2.27. The summed E-state index contributed by atoms with van der Waals surface area (Å²) in [7, 11) is 0. The van der Waals surface area contributed by atoms with Gasteiger partial charge >= 0.3 is 5.97 Å². The summed E-state index contributed by atoms with van der Waals surface area (Å²) >= 11 is 0. The largest absolute Gasteiger partial charge is 0.480 e. The van der Waals surface area contributed by atoms with Crippen LogP contribution in [0.3, 0.4) is 0 Å². The standard InChI is InChI=1S/C11H19N3O4/c12-9(15)4-3-8(11(17)18)14-10(16)6-13-5-7-1-2-7/h7-8,13H,1-6H2,(H2,12,15)(H,14,16)(H,17,18)/t8-/m0/s1. The fourth-order valence-electron chi connectivity index (χ4n) is 1.50. The highest BCUT2D eigenvalue weighted by atomic mass is 16.4. The summed E-state index contributed by atoms with van der Waals surface area (Å²) in [6, 6.07) is -1.06. The topological polar surface area (TPSA) is 122 Å². The minimum Gasteiger partial charge on any atom is -0.480 e. The van der Waals surface area contributed by atoms with Gasteiger partial charge in [0.1, 0.15) is 6.04 Å². The number of primary amides is 1. The summed E-state index contributed by atoms with van der Waals surface area (Å²) in [5.41, 5.74) is 4.94. The predicted octanol–water partition coefficient (Wildman–Crippen LogP) is -1.18. The summed E-state index contributed by atoms with van der Waals surface area (Å²) in [6.45, 7) is 0.878. The molecule has 0 spiro atoms. The lowest BCUT2D eigenvalue weighted by atomic mass is 10.1. The molecule has 1 aliphatic rings. The molecule has 0 aromatic rings. The zero-order valence-corrected chi connectivity index (χ0v) is 10.1. The molecule has 1 saturated carbocycles. The molecule has 0 aromatic carbocycles.